The van der Waals surface area contributed by atoms with Crippen LogP contribution >= 0.6 is 46.4 Å². The number of carboxylic acids is 2. The smallest absolute Gasteiger partial charge is 0.328 e. The first-order valence-electron chi connectivity index (χ1n) is 23.0. The van der Waals surface area contributed by atoms with Crippen LogP contribution in [0.2, 0.25) is 20.1 Å². The molecule has 0 radical (unpaired) electrons. The fraction of sp³-hybridized carbons (Fsp3) is 0.423. The molecule has 2 amide bonds. The number of hydrogen-bond donors (Lipinski definition) is 2. The molecular weight excluding hydrogens is 954 g/mol. The Hall–Kier alpha value is -5.14. The van der Waals surface area contributed by atoms with Gasteiger partial charge in [-0.1, -0.05) is 122 Å². The van der Waals surface area contributed by atoms with Gasteiger partial charge in [-0.15, -0.1) is 0 Å². The number of halogens is 4. The summed E-state index contributed by atoms with van der Waals surface area (Å²) in [6.45, 7) is 7.67. The van der Waals surface area contributed by atoms with Crippen LogP contribution in [0.4, 0.5) is 0 Å². The zero-order chi connectivity index (χ0) is 49.7. The SMILES string of the molecule is CCC[C@@H](C(=O)OCC)N1C(=O)[C@@H](CC(=O)O)C[C@H](c2cccc(Cl)c2)C1c1ccc(Cl)cc1.CCC[C@H](C(=O)OCC)N1C(=O)[C@H](CC(=O)O)C[C@@H](c2cccc(Cl)c2)C1c1ccc(Cl)cc1. The van der Waals surface area contributed by atoms with Gasteiger partial charge in [-0.05, 0) is 110 Å². The maximum atomic E-state index is 13.8. The number of hydrogen-bond acceptors (Lipinski definition) is 8. The molecule has 16 heteroatoms. The van der Waals surface area contributed by atoms with Gasteiger partial charge in [-0.2, -0.15) is 0 Å². The number of carbonyl (C=O) groups is 6. The van der Waals surface area contributed by atoms with Crippen LogP contribution in [0.25, 0.3) is 0 Å². The summed E-state index contributed by atoms with van der Waals surface area (Å²) < 4.78 is 10.7. The van der Waals surface area contributed by atoms with Gasteiger partial charge in [0.15, 0.2) is 0 Å². The average Bonchev–Trinajstić information content (AvgIpc) is 3.29. The molecule has 2 aliphatic heterocycles. The first-order chi connectivity index (χ1) is 32.5. The van der Waals surface area contributed by atoms with E-state index in [0.717, 1.165) is 22.3 Å². The van der Waals surface area contributed by atoms with Gasteiger partial charge in [0.1, 0.15) is 12.1 Å². The molecule has 2 saturated heterocycles. The number of nitrogens with zero attached hydrogens (tertiary/aromatic N) is 2. The van der Waals surface area contributed by atoms with Gasteiger partial charge < -0.3 is 29.5 Å². The molecule has 4 aromatic carbocycles. The van der Waals surface area contributed by atoms with E-state index in [9.17, 15) is 39.0 Å². The van der Waals surface area contributed by atoms with Crippen LogP contribution in [0.1, 0.15) is 125 Å². The monoisotopic (exact) mass is 1010 g/mol. The Labute approximate surface area is 417 Å². The number of aliphatic carboxylic acids is 2. The normalized spacial score (nSPS) is 21.2. The molecule has 0 aromatic heterocycles. The first-order valence-corrected chi connectivity index (χ1v) is 24.5. The quantitative estimate of drug-likeness (QED) is 0.0915. The van der Waals surface area contributed by atoms with E-state index >= 15 is 0 Å². The Kier molecular flexibility index (Phi) is 20.1. The summed E-state index contributed by atoms with van der Waals surface area (Å²) in [4.78, 5) is 80.1. The van der Waals surface area contributed by atoms with E-state index < -0.39 is 59.9 Å². The zero-order valence-electron chi connectivity index (χ0n) is 38.5. The Morgan fingerprint density at radius 3 is 1.19 bits per heavy atom. The van der Waals surface area contributed by atoms with Crippen molar-refractivity contribution in [1.29, 1.82) is 0 Å². The average molecular weight is 1010 g/mol. The Balaban J connectivity index is 0.000000254. The fourth-order valence-electron chi connectivity index (χ4n) is 9.60. The number of esters is 2. The number of piperidine rings is 2. The molecule has 0 saturated carbocycles. The highest BCUT2D eigenvalue weighted by molar-refractivity contribution is 6.31. The number of amides is 2. The van der Waals surface area contributed by atoms with Crippen LogP contribution in [-0.2, 0) is 38.2 Å². The van der Waals surface area contributed by atoms with Gasteiger partial charge >= 0.3 is 23.9 Å². The molecule has 2 heterocycles. The Morgan fingerprint density at radius 1 is 0.544 bits per heavy atom. The maximum absolute atomic E-state index is 13.8. The van der Waals surface area contributed by atoms with Crippen molar-refractivity contribution in [3.63, 3.8) is 0 Å². The van der Waals surface area contributed by atoms with Crippen molar-refractivity contribution in [2.75, 3.05) is 13.2 Å². The second kappa shape index (κ2) is 25.5. The summed E-state index contributed by atoms with van der Waals surface area (Å²) in [6.07, 6.45) is 2.09. The van der Waals surface area contributed by atoms with Crippen molar-refractivity contribution in [1.82, 2.24) is 9.80 Å². The molecule has 4 aromatic rings. The summed E-state index contributed by atoms with van der Waals surface area (Å²) in [5.74, 6) is -5.93. The number of ether oxygens (including phenoxy) is 2. The van der Waals surface area contributed by atoms with Crippen LogP contribution in [0.5, 0.6) is 0 Å². The number of benzene rings is 4. The molecule has 2 unspecified atom stereocenters. The lowest BCUT2D eigenvalue weighted by Crippen LogP contribution is -2.54. The van der Waals surface area contributed by atoms with Crippen molar-refractivity contribution >= 4 is 82.1 Å². The van der Waals surface area contributed by atoms with Crippen molar-refractivity contribution < 1.29 is 48.5 Å². The van der Waals surface area contributed by atoms with Crippen molar-refractivity contribution in [2.24, 2.45) is 11.8 Å². The summed E-state index contributed by atoms with van der Waals surface area (Å²) in [5.41, 5.74) is 3.36. The lowest BCUT2D eigenvalue weighted by Gasteiger charge is -2.47. The van der Waals surface area contributed by atoms with E-state index in [-0.39, 0.29) is 49.7 Å². The van der Waals surface area contributed by atoms with Gasteiger partial charge in [0.25, 0.3) is 0 Å². The molecule has 8 atom stereocenters. The maximum Gasteiger partial charge on any atom is 0.328 e. The third-order valence-corrected chi connectivity index (χ3v) is 13.4. The van der Waals surface area contributed by atoms with Crippen molar-refractivity contribution in [3.8, 4) is 0 Å². The Bertz CT molecular complexity index is 2220. The number of carbonyl (C=O) groups excluding carboxylic acids is 4. The van der Waals surface area contributed by atoms with E-state index in [1.807, 2.05) is 74.5 Å². The third-order valence-electron chi connectivity index (χ3n) is 12.4. The molecule has 12 nitrogen and oxygen atoms in total. The standard InChI is InChI=1S/2C26H29Cl2NO5/c2*1-3-6-22(26(33)34-4-2)29-24(16-9-11-19(27)12-10-16)21(17-7-5-8-20(28)13-17)14-18(25(29)32)15-23(30)31/h2*5,7-13,18,21-22,24H,3-4,6,14-15H2,1-2H3,(H,30,31)/t2*18-,21-,22+,24?/m10/s1. The van der Waals surface area contributed by atoms with Crippen LogP contribution in [0.15, 0.2) is 97.1 Å². The summed E-state index contributed by atoms with van der Waals surface area (Å²) in [5, 5.41) is 21.2. The van der Waals surface area contributed by atoms with Crippen molar-refractivity contribution in [2.45, 2.75) is 115 Å². The van der Waals surface area contributed by atoms with E-state index in [4.69, 9.17) is 55.9 Å². The molecule has 2 fully saturated rings. The van der Waals surface area contributed by atoms with Crippen LogP contribution in [0, 0.1) is 11.8 Å². The third kappa shape index (κ3) is 13.6. The van der Waals surface area contributed by atoms with Crippen molar-refractivity contribution in [3.05, 3.63) is 139 Å². The first kappa shape index (κ1) is 53.8. The van der Waals surface area contributed by atoms with Gasteiger partial charge in [-0.25, -0.2) is 9.59 Å². The second-order valence-corrected chi connectivity index (χ2v) is 18.7. The van der Waals surface area contributed by atoms with E-state index in [2.05, 4.69) is 0 Å². The lowest BCUT2D eigenvalue weighted by molar-refractivity contribution is -0.164. The molecule has 364 valence electrons. The number of rotatable bonds is 18. The minimum Gasteiger partial charge on any atom is -0.481 e. The second-order valence-electron chi connectivity index (χ2n) is 17.0. The van der Waals surface area contributed by atoms with E-state index in [0.29, 0.717) is 58.6 Å². The minimum absolute atomic E-state index is 0.183. The van der Waals surface area contributed by atoms with Gasteiger partial charge in [0, 0.05) is 43.8 Å². The molecule has 0 bridgehead atoms. The van der Waals surface area contributed by atoms with Gasteiger partial charge in [-0.3, -0.25) is 19.2 Å². The minimum atomic E-state index is -1.06. The summed E-state index contributed by atoms with van der Waals surface area (Å²) in [6, 6.07) is 26.4. The molecular formula is C52H58Cl4N2O10. The molecule has 0 spiro atoms. The molecule has 68 heavy (non-hydrogen) atoms. The molecule has 6 rings (SSSR count). The molecule has 2 aliphatic rings. The predicted molar refractivity (Wildman–Crippen MR) is 262 cm³/mol. The topological polar surface area (TPSA) is 168 Å². The van der Waals surface area contributed by atoms with Gasteiger partial charge in [0.05, 0.1) is 38.1 Å². The lowest BCUT2D eigenvalue weighted by atomic mass is 9.74. The van der Waals surface area contributed by atoms with E-state index in [1.54, 1.807) is 60.0 Å². The van der Waals surface area contributed by atoms with Crippen LogP contribution in [-0.4, -0.2) is 81.0 Å². The summed E-state index contributed by atoms with van der Waals surface area (Å²) >= 11 is 24.9. The zero-order valence-corrected chi connectivity index (χ0v) is 41.5. The highest BCUT2D eigenvalue weighted by Crippen LogP contribution is 2.49. The van der Waals surface area contributed by atoms with E-state index in [1.165, 1.54) is 0 Å². The molecule has 2 N–H and O–H groups in total. The molecule has 0 aliphatic carbocycles. The van der Waals surface area contributed by atoms with Crippen LogP contribution < -0.4 is 0 Å². The highest BCUT2D eigenvalue weighted by atomic mass is 35.5. The largest absolute Gasteiger partial charge is 0.481 e. The number of likely N-dealkylation sites (tertiary alicyclic amines) is 2. The fourth-order valence-corrected chi connectivity index (χ4v) is 10.2. The van der Waals surface area contributed by atoms with Gasteiger partial charge in [0.2, 0.25) is 11.8 Å². The van der Waals surface area contributed by atoms with Crippen LogP contribution in [0.3, 0.4) is 0 Å². The predicted octanol–water partition coefficient (Wildman–Crippen LogP) is 11.7. The highest BCUT2D eigenvalue weighted by Gasteiger charge is 2.50. The number of carboxylic acid groups (broad SMARTS) is 2. The Morgan fingerprint density at radius 2 is 0.897 bits per heavy atom. The summed E-state index contributed by atoms with van der Waals surface area (Å²) in [7, 11) is 0.